The van der Waals surface area contributed by atoms with E-state index in [4.69, 9.17) is 9.47 Å². The Balaban J connectivity index is 2.05. The van der Waals surface area contributed by atoms with Crippen LogP contribution in [-0.2, 0) is 9.47 Å². The Kier molecular flexibility index (Phi) is 4.39. The van der Waals surface area contributed by atoms with Gasteiger partial charge in [0.05, 0.1) is 13.2 Å². The highest BCUT2D eigenvalue weighted by atomic mass is 16.5. The normalized spacial score (nSPS) is 11.1. The van der Waals surface area contributed by atoms with E-state index in [1.165, 1.54) is 4.52 Å². The van der Waals surface area contributed by atoms with Crippen molar-refractivity contribution in [1.29, 1.82) is 0 Å². The molecule has 0 atom stereocenters. The highest BCUT2D eigenvalue weighted by molar-refractivity contribution is 6.04. The van der Waals surface area contributed by atoms with Gasteiger partial charge in [-0.05, 0) is 19.1 Å². The minimum atomic E-state index is -0.737. The summed E-state index contributed by atoms with van der Waals surface area (Å²) < 4.78 is 12.5. The van der Waals surface area contributed by atoms with Crippen molar-refractivity contribution < 1.29 is 19.1 Å². The average molecular weight is 381 g/mol. The lowest BCUT2D eigenvalue weighted by Crippen LogP contribution is -2.16. The summed E-state index contributed by atoms with van der Waals surface area (Å²) in [6.07, 6.45) is 0. The number of carbonyl (C=O) groups is 2. The first-order chi connectivity index (χ1) is 13.7. The average Bonchev–Trinajstić information content (AvgIpc) is 3.32. The van der Waals surface area contributed by atoms with E-state index in [1.54, 1.807) is 13.8 Å². The third kappa shape index (κ3) is 2.73. The lowest BCUT2D eigenvalue weighted by Gasteiger charge is -2.06. The molecule has 11 heteroatoms. The summed E-state index contributed by atoms with van der Waals surface area (Å²) in [5, 5.41) is 20.3. The Bertz CT molecular complexity index is 1180. The van der Waals surface area contributed by atoms with Gasteiger partial charge in [0.1, 0.15) is 11.2 Å². The number of hydrogen-bond acceptors (Lipinski definition) is 9. The number of hydrogen-bond donors (Lipinski definition) is 0. The van der Waals surface area contributed by atoms with E-state index in [0.29, 0.717) is 11.3 Å². The van der Waals surface area contributed by atoms with Crippen molar-refractivity contribution in [3.63, 3.8) is 0 Å². The Labute approximate surface area is 157 Å². The molecule has 0 unspecified atom stereocenters. The molecule has 0 fully saturated rings. The molecular formula is C17H15N7O4. The lowest BCUT2D eigenvalue weighted by atomic mass is 10.1. The van der Waals surface area contributed by atoms with Crippen molar-refractivity contribution >= 4 is 23.1 Å². The van der Waals surface area contributed by atoms with E-state index < -0.39 is 11.9 Å². The molecule has 0 aliphatic carbocycles. The van der Waals surface area contributed by atoms with Gasteiger partial charge in [-0.3, -0.25) is 0 Å². The van der Waals surface area contributed by atoms with Crippen molar-refractivity contribution in [3.05, 3.63) is 41.7 Å². The summed E-state index contributed by atoms with van der Waals surface area (Å²) >= 11 is 0. The molecule has 1 aromatic carbocycles. The van der Waals surface area contributed by atoms with Crippen LogP contribution in [0.25, 0.3) is 22.4 Å². The molecule has 4 rings (SSSR count). The quantitative estimate of drug-likeness (QED) is 0.468. The number of rotatable bonds is 5. The molecule has 4 aromatic rings. The number of esters is 2. The number of nitrogens with zero attached hydrogens (tertiary/aromatic N) is 7. The molecular weight excluding hydrogens is 366 g/mol. The van der Waals surface area contributed by atoms with Crippen molar-refractivity contribution in [2.24, 2.45) is 0 Å². The predicted molar refractivity (Wildman–Crippen MR) is 94.7 cm³/mol. The van der Waals surface area contributed by atoms with Crippen LogP contribution in [0.2, 0.25) is 0 Å². The van der Waals surface area contributed by atoms with Gasteiger partial charge in [-0.2, -0.15) is 4.52 Å². The van der Waals surface area contributed by atoms with Crippen LogP contribution in [0.5, 0.6) is 0 Å². The number of carbonyl (C=O) groups excluding carboxylic acids is 2. The lowest BCUT2D eigenvalue weighted by molar-refractivity contribution is 0.0518. The molecule has 0 aliphatic rings. The van der Waals surface area contributed by atoms with Crippen LogP contribution in [0.4, 0.5) is 0 Å². The van der Waals surface area contributed by atoms with E-state index in [2.05, 4.69) is 25.7 Å². The van der Waals surface area contributed by atoms with Crippen molar-refractivity contribution in [2.75, 3.05) is 13.2 Å². The zero-order chi connectivity index (χ0) is 19.7. The number of fused-ring (bicyclic) bond motifs is 3. The van der Waals surface area contributed by atoms with Gasteiger partial charge in [-0.25, -0.2) is 9.59 Å². The second-order valence-electron chi connectivity index (χ2n) is 5.61. The maximum atomic E-state index is 12.4. The first-order valence-corrected chi connectivity index (χ1v) is 8.56. The second kappa shape index (κ2) is 7.02. The van der Waals surface area contributed by atoms with E-state index >= 15 is 0 Å². The Morgan fingerprint density at radius 3 is 2.29 bits per heavy atom. The van der Waals surface area contributed by atoms with E-state index in [-0.39, 0.29) is 30.1 Å². The summed E-state index contributed by atoms with van der Waals surface area (Å²) in [7, 11) is 0. The molecule has 0 bridgehead atoms. The topological polar surface area (TPSA) is 126 Å². The minimum absolute atomic E-state index is 0.0730. The molecule has 3 heterocycles. The van der Waals surface area contributed by atoms with Gasteiger partial charge in [0.25, 0.3) is 0 Å². The maximum Gasteiger partial charge on any atom is 0.361 e. The number of aromatic nitrogens is 7. The third-order valence-corrected chi connectivity index (χ3v) is 3.91. The summed E-state index contributed by atoms with van der Waals surface area (Å²) in [5.74, 6) is -1.46. The largest absolute Gasteiger partial charge is 0.461 e. The summed E-state index contributed by atoms with van der Waals surface area (Å²) in [6.45, 7) is 3.61. The molecule has 0 amide bonds. The fourth-order valence-electron chi connectivity index (χ4n) is 2.76. The second-order valence-corrected chi connectivity index (χ2v) is 5.61. The van der Waals surface area contributed by atoms with E-state index in [9.17, 15) is 9.59 Å². The predicted octanol–water partition coefficient (Wildman–Crippen LogP) is 1.19. The SMILES string of the molecule is CCOC(=O)c1nnn2c1c(C(=O)OCC)nn1nnc(-c3ccccc3)c12. The molecule has 11 nitrogen and oxygen atoms in total. The highest BCUT2D eigenvalue weighted by Gasteiger charge is 2.28. The summed E-state index contributed by atoms with van der Waals surface area (Å²) in [6, 6.07) is 9.26. The first kappa shape index (κ1) is 17.5. The van der Waals surface area contributed by atoms with Crippen LogP contribution in [0.1, 0.15) is 34.8 Å². The van der Waals surface area contributed by atoms with Crippen LogP contribution in [0, 0.1) is 0 Å². The zero-order valence-corrected chi connectivity index (χ0v) is 15.1. The monoisotopic (exact) mass is 381 g/mol. The molecule has 0 N–H and O–H groups in total. The molecule has 0 spiro atoms. The van der Waals surface area contributed by atoms with Crippen molar-refractivity contribution in [1.82, 2.24) is 34.9 Å². The van der Waals surface area contributed by atoms with E-state index in [0.717, 1.165) is 10.2 Å². The smallest absolute Gasteiger partial charge is 0.361 e. The number of benzene rings is 1. The Morgan fingerprint density at radius 1 is 0.929 bits per heavy atom. The van der Waals surface area contributed by atoms with Crippen LogP contribution in [0.3, 0.4) is 0 Å². The Morgan fingerprint density at radius 2 is 1.61 bits per heavy atom. The van der Waals surface area contributed by atoms with Crippen LogP contribution >= 0.6 is 0 Å². The van der Waals surface area contributed by atoms with Gasteiger partial charge < -0.3 is 9.47 Å². The molecule has 142 valence electrons. The summed E-state index contributed by atoms with van der Waals surface area (Å²) in [5.41, 5.74) is 1.35. The highest BCUT2D eigenvalue weighted by Crippen LogP contribution is 2.24. The zero-order valence-electron chi connectivity index (χ0n) is 15.1. The molecule has 0 radical (unpaired) electrons. The van der Waals surface area contributed by atoms with Crippen LogP contribution < -0.4 is 0 Å². The fourth-order valence-corrected chi connectivity index (χ4v) is 2.76. The number of ether oxygens (including phenoxy) is 2. The van der Waals surface area contributed by atoms with Gasteiger partial charge >= 0.3 is 11.9 Å². The molecule has 0 saturated carbocycles. The van der Waals surface area contributed by atoms with Gasteiger partial charge in [0.15, 0.2) is 5.69 Å². The van der Waals surface area contributed by atoms with Gasteiger partial charge in [-0.15, -0.1) is 19.9 Å². The van der Waals surface area contributed by atoms with Crippen LogP contribution in [-0.4, -0.2) is 60.0 Å². The fraction of sp³-hybridized carbons (Fsp3) is 0.235. The van der Waals surface area contributed by atoms with Gasteiger partial charge in [-0.1, -0.05) is 35.5 Å². The van der Waals surface area contributed by atoms with Gasteiger partial charge in [0.2, 0.25) is 11.3 Å². The molecule has 0 aliphatic heterocycles. The van der Waals surface area contributed by atoms with Gasteiger partial charge in [0, 0.05) is 5.56 Å². The molecule has 3 aromatic heterocycles. The maximum absolute atomic E-state index is 12.4. The van der Waals surface area contributed by atoms with Crippen LogP contribution in [0.15, 0.2) is 30.3 Å². The molecule has 28 heavy (non-hydrogen) atoms. The standard InChI is InChI=1S/C17H15N7O4/c1-3-27-16(25)12-14-13(17(26)28-4-2)20-24-15(23(14)21-19-12)11(18-22-24)10-8-6-5-7-9-10/h5-9H,3-4H2,1-2H3. The summed E-state index contributed by atoms with van der Waals surface area (Å²) in [4.78, 5) is 24.8. The van der Waals surface area contributed by atoms with E-state index in [1.807, 2.05) is 30.3 Å². The first-order valence-electron chi connectivity index (χ1n) is 8.56. The third-order valence-electron chi connectivity index (χ3n) is 3.91. The van der Waals surface area contributed by atoms with Crippen molar-refractivity contribution in [3.8, 4) is 11.3 Å². The minimum Gasteiger partial charge on any atom is -0.461 e. The molecule has 0 saturated heterocycles. The Hall–Kier alpha value is -3.89. The van der Waals surface area contributed by atoms with Crippen molar-refractivity contribution in [2.45, 2.75) is 13.8 Å².